The number of piperazine rings is 1. The lowest BCUT2D eigenvalue weighted by atomic mass is 9.85. The molecule has 1 aliphatic carbocycles. The molecule has 29 heavy (non-hydrogen) atoms. The van der Waals surface area contributed by atoms with Gasteiger partial charge >= 0.3 is 0 Å². The van der Waals surface area contributed by atoms with Crippen LogP contribution >= 0.6 is 0 Å². The number of hydrogen-bond donors (Lipinski definition) is 2. The van der Waals surface area contributed by atoms with Crippen LogP contribution in [0.4, 0.5) is 0 Å². The standard InChI is InChI=1S/C23H36N4O2/c1-17(2)24-23(29)20-5-4-6-21(15-20)25-22(28)19-9-7-18(8-10-19)16-27-13-11-26(3)12-14-27/h7-10,17,20-21H,4-6,11-16H2,1-3H3,(H,24,29)(H,25,28). The molecule has 0 aromatic heterocycles. The number of hydrogen-bond acceptors (Lipinski definition) is 4. The highest BCUT2D eigenvalue weighted by Gasteiger charge is 2.28. The van der Waals surface area contributed by atoms with Crippen LogP contribution < -0.4 is 10.6 Å². The molecule has 6 nitrogen and oxygen atoms in total. The minimum absolute atomic E-state index is 0.00223. The molecule has 1 saturated heterocycles. The molecule has 1 aromatic rings. The van der Waals surface area contributed by atoms with Crippen LogP contribution in [0.15, 0.2) is 24.3 Å². The average molecular weight is 401 g/mol. The van der Waals surface area contributed by atoms with E-state index >= 15 is 0 Å². The van der Waals surface area contributed by atoms with Crippen molar-refractivity contribution in [2.45, 2.75) is 58.2 Å². The van der Waals surface area contributed by atoms with E-state index in [9.17, 15) is 9.59 Å². The lowest BCUT2D eigenvalue weighted by molar-refractivity contribution is -0.126. The number of carbonyl (C=O) groups is 2. The molecule has 1 heterocycles. The number of nitrogens with zero attached hydrogens (tertiary/aromatic N) is 2. The van der Waals surface area contributed by atoms with Crippen molar-refractivity contribution in [1.82, 2.24) is 20.4 Å². The van der Waals surface area contributed by atoms with Gasteiger partial charge in [0.15, 0.2) is 0 Å². The van der Waals surface area contributed by atoms with E-state index < -0.39 is 0 Å². The Bertz CT molecular complexity index is 681. The third-order valence-electron chi connectivity index (χ3n) is 6.03. The monoisotopic (exact) mass is 400 g/mol. The van der Waals surface area contributed by atoms with Gasteiger partial charge in [-0.05, 0) is 57.9 Å². The van der Waals surface area contributed by atoms with Crippen LogP contribution in [0.3, 0.4) is 0 Å². The predicted octanol–water partition coefficient (Wildman–Crippen LogP) is 2.25. The highest BCUT2D eigenvalue weighted by molar-refractivity contribution is 5.94. The van der Waals surface area contributed by atoms with Gasteiger partial charge in [0.25, 0.3) is 5.91 Å². The van der Waals surface area contributed by atoms with Gasteiger partial charge in [0.2, 0.25) is 5.91 Å². The van der Waals surface area contributed by atoms with E-state index in [1.54, 1.807) is 0 Å². The second kappa shape index (κ2) is 10.2. The zero-order valence-corrected chi connectivity index (χ0v) is 18.1. The molecule has 2 unspecified atom stereocenters. The van der Waals surface area contributed by atoms with Crippen LogP contribution in [0, 0.1) is 5.92 Å². The van der Waals surface area contributed by atoms with Crippen LogP contribution in [0.1, 0.15) is 55.5 Å². The van der Waals surface area contributed by atoms with Crippen molar-refractivity contribution >= 4 is 11.8 Å². The van der Waals surface area contributed by atoms with Gasteiger partial charge in [0.05, 0.1) is 0 Å². The van der Waals surface area contributed by atoms with E-state index in [2.05, 4.69) is 39.6 Å². The largest absolute Gasteiger partial charge is 0.354 e. The number of amides is 2. The summed E-state index contributed by atoms with van der Waals surface area (Å²) >= 11 is 0. The molecule has 1 saturated carbocycles. The first kappa shape index (κ1) is 21.8. The maximum absolute atomic E-state index is 12.7. The summed E-state index contributed by atoms with van der Waals surface area (Å²) in [6, 6.07) is 8.20. The SMILES string of the molecule is CC(C)NC(=O)C1CCCC(NC(=O)c2ccc(CN3CCN(C)CC3)cc2)C1. The highest BCUT2D eigenvalue weighted by atomic mass is 16.2. The molecule has 3 rings (SSSR count). The van der Waals surface area contributed by atoms with Crippen molar-refractivity contribution in [2.24, 2.45) is 5.92 Å². The molecule has 2 aliphatic rings. The molecular weight excluding hydrogens is 364 g/mol. The Morgan fingerprint density at radius 1 is 1.07 bits per heavy atom. The molecule has 1 aliphatic heterocycles. The van der Waals surface area contributed by atoms with Gasteiger partial charge in [0.1, 0.15) is 0 Å². The summed E-state index contributed by atoms with van der Waals surface area (Å²) in [5, 5.41) is 6.15. The van der Waals surface area contributed by atoms with E-state index in [1.807, 2.05) is 26.0 Å². The zero-order valence-electron chi connectivity index (χ0n) is 18.1. The fraction of sp³-hybridized carbons (Fsp3) is 0.652. The Labute approximate surface area is 175 Å². The van der Waals surface area contributed by atoms with E-state index in [0.717, 1.165) is 58.4 Å². The lowest BCUT2D eigenvalue weighted by Gasteiger charge is -2.32. The van der Waals surface area contributed by atoms with Crippen LogP contribution in [0.5, 0.6) is 0 Å². The Hall–Kier alpha value is -1.92. The lowest BCUT2D eigenvalue weighted by Crippen LogP contribution is -2.44. The van der Waals surface area contributed by atoms with Gasteiger partial charge in [-0.25, -0.2) is 0 Å². The molecule has 2 fully saturated rings. The molecule has 2 amide bonds. The van der Waals surface area contributed by atoms with E-state index in [0.29, 0.717) is 5.56 Å². The molecule has 2 N–H and O–H groups in total. The van der Waals surface area contributed by atoms with Crippen molar-refractivity contribution in [2.75, 3.05) is 33.2 Å². The fourth-order valence-electron chi connectivity index (χ4n) is 4.26. The minimum atomic E-state index is -0.0361. The molecule has 6 heteroatoms. The predicted molar refractivity (Wildman–Crippen MR) is 116 cm³/mol. The van der Waals surface area contributed by atoms with Gasteiger partial charge in [-0.2, -0.15) is 0 Å². The maximum atomic E-state index is 12.7. The quantitative estimate of drug-likeness (QED) is 0.769. The van der Waals surface area contributed by atoms with Crippen LogP contribution in [-0.4, -0.2) is 66.9 Å². The summed E-state index contributed by atoms with van der Waals surface area (Å²) < 4.78 is 0. The third-order valence-corrected chi connectivity index (χ3v) is 6.03. The summed E-state index contributed by atoms with van der Waals surface area (Å²) in [5.74, 6) is 0.0840. The van der Waals surface area contributed by atoms with E-state index in [-0.39, 0.29) is 29.8 Å². The number of rotatable bonds is 6. The Balaban J connectivity index is 1.49. The summed E-state index contributed by atoms with van der Waals surface area (Å²) in [6.07, 6.45) is 3.56. The highest BCUT2D eigenvalue weighted by Crippen LogP contribution is 2.25. The van der Waals surface area contributed by atoms with Crippen molar-refractivity contribution in [1.29, 1.82) is 0 Å². The third kappa shape index (κ3) is 6.54. The zero-order chi connectivity index (χ0) is 20.8. The van der Waals surface area contributed by atoms with Gasteiger partial charge in [-0.15, -0.1) is 0 Å². The second-order valence-corrected chi connectivity index (χ2v) is 8.97. The van der Waals surface area contributed by atoms with Crippen LogP contribution in [0.25, 0.3) is 0 Å². The number of nitrogens with one attached hydrogen (secondary N) is 2. The summed E-state index contributed by atoms with van der Waals surface area (Å²) in [7, 11) is 2.16. The van der Waals surface area contributed by atoms with E-state index in [1.165, 1.54) is 5.56 Å². The first-order chi connectivity index (χ1) is 13.9. The summed E-state index contributed by atoms with van der Waals surface area (Å²) in [6.45, 7) is 9.29. The molecule has 160 valence electrons. The number of likely N-dealkylation sites (N-methyl/N-ethyl adjacent to an activating group) is 1. The topological polar surface area (TPSA) is 64.7 Å². The smallest absolute Gasteiger partial charge is 0.251 e. The Morgan fingerprint density at radius 3 is 2.41 bits per heavy atom. The van der Waals surface area contributed by atoms with Crippen LogP contribution in [0.2, 0.25) is 0 Å². The van der Waals surface area contributed by atoms with Crippen LogP contribution in [-0.2, 0) is 11.3 Å². The average Bonchev–Trinajstić information content (AvgIpc) is 2.70. The van der Waals surface area contributed by atoms with Crippen molar-refractivity contribution < 1.29 is 9.59 Å². The maximum Gasteiger partial charge on any atom is 0.251 e. The fourth-order valence-corrected chi connectivity index (χ4v) is 4.26. The van der Waals surface area contributed by atoms with Gasteiger partial charge in [0, 0.05) is 56.3 Å². The first-order valence-corrected chi connectivity index (χ1v) is 11.0. The molecule has 0 spiro atoms. The van der Waals surface area contributed by atoms with Gasteiger partial charge in [-0.3, -0.25) is 14.5 Å². The molecule has 2 atom stereocenters. The molecule has 0 radical (unpaired) electrons. The number of carbonyl (C=O) groups excluding carboxylic acids is 2. The Kier molecular flexibility index (Phi) is 7.67. The summed E-state index contributed by atoms with van der Waals surface area (Å²) in [4.78, 5) is 29.8. The van der Waals surface area contributed by atoms with Crippen molar-refractivity contribution in [3.8, 4) is 0 Å². The molecule has 0 bridgehead atoms. The minimum Gasteiger partial charge on any atom is -0.354 e. The molecular formula is C23H36N4O2. The molecule has 1 aromatic carbocycles. The second-order valence-electron chi connectivity index (χ2n) is 8.97. The number of benzene rings is 1. The Morgan fingerprint density at radius 2 is 1.76 bits per heavy atom. The normalized spacial score (nSPS) is 23.7. The first-order valence-electron chi connectivity index (χ1n) is 11.0. The van der Waals surface area contributed by atoms with E-state index in [4.69, 9.17) is 0 Å². The van der Waals surface area contributed by atoms with Crippen molar-refractivity contribution in [3.63, 3.8) is 0 Å². The van der Waals surface area contributed by atoms with Gasteiger partial charge in [-0.1, -0.05) is 18.6 Å². The van der Waals surface area contributed by atoms with Crippen molar-refractivity contribution in [3.05, 3.63) is 35.4 Å². The summed E-state index contributed by atoms with van der Waals surface area (Å²) in [5.41, 5.74) is 1.94. The van der Waals surface area contributed by atoms with Gasteiger partial charge < -0.3 is 15.5 Å².